The lowest BCUT2D eigenvalue weighted by Gasteiger charge is -2.34. The maximum atomic E-state index is 12.5. The highest BCUT2D eigenvalue weighted by Crippen LogP contribution is 2.50. The van der Waals surface area contributed by atoms with Crippen LogP contribution in [0.4, 0.5) is 0 Å². The lowest BCUT2D eigenvalue weighted by atomic mass is 9.67. The van der Waals surface area contributed by atoms with E-state index in [1.807, 2.05) is 0 Å². The van der Waals surface area contributed by atoms with Crippen LogP contribution < -0.4 is 0 Å². The number of aliphatic carboxylic acids is 1. The van der Waals surface area contributed by atoms with Crippen molar-refractivity contribution in [2.24, 2.45) is 5.41 Å². The van der Waals surface area contributed by atoms with Crippen molar-refractivity contribution in [3.63, 3.8) is 0 Å². The molecule has 1 atom stereocenters. The molecule has 1 aromatic carbocycles. The van der Waals surface area contributed by atoms with Crippen LogP contribution in [0.25, 0.3) is 0 Å². The van der Waals surface area contributed by atoms with E-state index >= 15 is 0 Å². The summed E-state index contributed by atoms with van der Waals surface area (Å²) >= 11 is 0. The minimum Gasteiger partial charge on any atom is -0.480 e. The molecule has 6 nitrogen and oxygen atoms in total. The van der Waals surface area contributed by atoms with Gasteiger partial charge in [-0.1, -0.05) is 24.3 Å². The molecule has 0 bridgehead atoms. The second kappa shape index (κ2) is 4.08. The maximum Gasteiger partial charge on any atom is 0.321 e. The molecule has 2 aliphatic carbocycles. The van der Waals surface area contributed by atoms with Gasteiger partial charge in [0.05, 0.1) is 0 Å². The number of hydrogen-bond acceptors (Lipinski definition) is 5. The number of ketones is 3. The Morgan fingerprint density at radius 2 is 1.57 bits per heavy atom. The zero-order chi connectivity index (χ0) is 15.4. The van der Waals surface area contributed by atoms with Crippen LogP contribution in [0, 0.1) is 5.41 Å². The van der Waals surface area contributed by atoms with Crippen molar-refractivity contribution in [2.75, 3.05) is 0 Å². The third-order valence-electron chi connectivity index (χ3n) is 4.49. The van der Waals surface area contributed by atoms with Crippen LogP contribution in [-0.4, -0.2) is 39.1 Å². The van der Waals surface area contributed by atoms with Crippen molar-refractivity contribution in [2.45, 2.75) is 24.9 Å². The van der Waals surface area contributed by atoms with Gasteiger partial charge in [0.25, 0.3) is 0 Å². The molecule has 0 aliphatic heterocycles. The third kappa shape index (κ3) is 1.35. The summed E-state index contributed by atoms with van der Waals surface area (Å²) in [5.41, 5.74) is -5.29. The van der Waals surface area contributed by atoms with Crippen molar-refractivity contribution in [3.05, 3.63) is 35.4 Å². The fourth-order valence-electron chi connectivity index (χ4n) is 3.39. The van der Waals surface area contributed by atoms with Gasteiger partial charge in [-0.3, -0.25) is 19.2 Å². The highest BCUT2D eigenvalue weighted by Gasteiger charge is 2.72. The van der Waals surface area contributed by atoms with Crippen LogP contribution in [-0.2, 0) is 9.59 Å². The Kier molecular flexibility index (Phi) is 2.65. The van der Waals surface area contributed by atoms with Crippen LogP contribution in [0.2, 0.25) is 0 Å². The summed E-state index contributed by atoms with van der Waals surface area (Å²) in [4.78, 5) is 48.8. The van der Waals surface area contributed by atoms with Gasteiger partial charge in [-0.25, -0.2) is 0 Å². The zero-order valence-corrected chi connectivity index (χ0v) is 11.0. The van der Waals surface area contributed by atoms with E-state index in [9.17, 15) is 29.4 Å². The monoisotopic (exact) mass is 288 g/mol. The first kappa shape index (κ1) is 13.6. The number of carbonyl (C=O) groups is 4. The van der Waals surface area contributed by atoms with Gasteiger partial charge in [0.15, 0.2) is 11.2 Å². The number of hydrogen-bond donors (Lipinski definition) is 2. The second-order valence-corrected chi connectivity index (χ2v) is 5.40. The fraction of sp³-hybridized carbons (Fsp3) is 0.333. The molecular weight excluding hydrogens is 276 g/mol. The van der Waals surface area contributed by atoms with Gasteiger partial charge in [0.2, 0.25) is 17.2 Å². The molecule has 0 aromatic heterocycles. The molecule has 6 heteroatoms. The molecular formula is C15H12O6. The molecule has 0 spiro atoms. The summed E-state index contributed by atoms with van der Waals surface area (Å²) in [6.07, 6.45) is -0.0565. The van der Waals surface area contributed by atoms with Gasteiger partial charge in [-0.2, -0.15) is 0 Å². The first-order chi connectivity index (χ1) is 9.87. The third-order valence-corrected chi connectivity index (χ3v) is 4.49. The Morgan fingerprint density at radius 3 is 1.95 bits per heavy atom. The predicted octanol–water partition coefficient (Wildman–Crippen LogP) is 0.621. The van der Waals surface area contributed by atoms with Gasteiger partial charge in [0.1, 0.15) is 0 Å². The van der Waals surface area contributed by atoms with Crippen molar-refractivity contribution in [3.8, 4) is 0 Å². The average Bonchev–Trinajstić information content (AvgIpc) is 2.95. The summed E-state index contributed by atoms with van der Waals surface area (Å²) < 4.78 is 0. The second-order valence-electron chi connectivity index (χ2n) is 5.40. The minimum absolute atomic E-state index is 0.0367. The maximum absolute atomic E-state index is 12.5. The molecule has 0 heterocycles. The number of carbonyl (C=O) groups excluding carboxylic acids is 3. The molecule has 2 N–H and O–H groups in total. The molecule has 1 unspecified atom stereocenters. The summed E-state index contributed by atoms with van der Waals surface area (Å²) in [6.45, 7) is 0. The van der Waals surface area contributed by atoms with Gasteiger partial charge in [-0.05, 0) is 12.8 Å². The quantitative estimate of drug-likeness (QED) is 0.772. The highest BCUT2D eigenvalue weighted by atomic mass is 16.4. The molecule has 0 radical (unpaired) electrons. The number of aliphatic hydroxyl groups is 1. The molecule has 1 saturated carbocycles. The largest absolute Gasteiger partial charge is 0.480 e. The van der Waals surface area contributed by atoms with E-state index in [2.05, 4.69) is 0 Å². The van der Waals surface area contributed by atoms with Gasteiger partial charge < -0.3 is 10.2 Å². The number of rotatable bonds is 2. The van der Waals surface area contributed by atoms with E-state index in [4.69, 9.17) is 0 Å². The highest BCUT2D eigenvalue weighted by molar-refractivity contribution is 6.36. The Morgan fingerprint density at radius 1 is 1.05 bits per heavy atom. The van der Waals surface area contributed by atoms with E-state index in [1.165, 1.54) is 24.3 Å². The summed E-state index contributed by atoms with van der Waals surface area (Å²) in [5, 5.41) is 20.2. The van der Waals surface area contributed by atoms with Crippen LogP contribution in [0.15, 0.2) is 24.3 Å². The molecule has 0 saturated heterocycles. The van der Waals surface area contributed by atoms with E-state index in [0.29, 0.717) is 0 Å². The number of carboxylic acids is 1. The lowest BCUT2D eigenvalue weighted by molar-refractivity contribution is -0.163. The van der Waals surface area contributed by atoms with Gasteiger partial charge >= 0.3 is 5.97 Å². The van der Waals surface area contributed by atoms with Crippen molar-refractivity contribution < 1.29 is 29.4 Å². The number of benzene rings is 1. The predicted molar refractivity (Wildman–Crippen MR) is 69.0 cm³/mol. The molecule has 1 aromatic rings. The molecule has 2 aliphatic rings. The number of fused-ring (bicyclic) bond motifs is 1. The van der Waals surface area contributed by atoms with Crippen molar-refractivity contribution in [1.29, 1.82) is 0 Å². The molecule has 21 heavy (non-hydrogen) atoms. The van der Waals surface area contributed by atoms with Crippen LogP contribution in [0.5, 0.6) is 0 Å². The summed E-state index contributed by atoms with van der Waals surface area (Å²) in [7, 11) is 0. The van der Waals surface area contributed by atoms with Gasteiger partial charge in [0, 0.05) is 17.5 Å². The van der Waals surface area contributed by atoms with Crippen LogP contribution in [0.1, 0.15) is 40.0 Å². The Labute approximate surface area is 119 Å². The Bertz CT molecular complexity index is 669. The molecule has 108 valence electrons. The molecule has 1 fully saturated rings. The summed E-state index contributed by atoms with van der Waals surface area (Å²) in [5.74, 6) is -4.39. The lowest BCUT2D eigenvalue weighted by Crippen LogP contribution is -2.62. The zero-order valence-electron chi connectivity index (χ0n) is 11.0. The molecule has 3 rings (SSSR count). The minimum atomic E-state index is -2.84. The van der Waals surface area contributed by atoms with Gasteiger partial charge in [-0.15, -0.1) is 0 Å². The van der Waals surface area contributed by atoms with E-state index in [1.54, 1.807) is 0 Å². The van der Waals surface area contributed by atoms with Crippen molar-refractivity contribution >= 4 is 23.3 Å². The van der Waals surface area contributed by atoms with Crippen LogP contribution >= 0.6 is 0 Å². The SMILES string of the molecule is O=C1c2ccccc2C(=O)C1(O)C1(C(=O)O)CCCC1=O. The molecule has 0 amide bonds. The standard InChI is InChI=1S/C15H12O6/c16-10-6-3-7-14(10,13(19)20)15(21)11(17)8-4-1-2-5-9(8)12(15)18/h1-2,4-5,21H,3,6-7H2,(H,19,20). The first-order valence-corrected chi connectivity index (χ1v) is 6.55. The number of Topliss-reactive ketones (excluding diaryl/α,β-unsaturated/α-hetero) is 3. The normalized spacial score (nSPS) is 27.0. The topological polar surface area (TPSA) is 109 Å². The number of carboxylic acid groups (broad SMARTS) is 1. The van der Waals surface area contributed by atoms with E-state index in [-0.39, 0.29) is 30.4 Å². The van der Waals surface area contributed by atoms with Crippen LogP contribution in [0.3, 0.4) is 0 Å². The fourth-order valence-corrected chi connectivity index (χ4v) is 3.39. The van der Waals surface area contributed by atoms with E-state index < -0.39 is 34.3 Å². The first-order valence-electron chi connectivity index (χ1n) is 6.55. The summed E-state index contributed by atoms with van der Waals surface area (Å²) in [6, 6.07) is 5.73. The Balaban J connectivity index is 2.27. The Hall–Kier alpha value is -2.34. The van der Waals surface area contributed by atoms with E-state index in [0.717, 1.165) is 0 Å². The smallest absolute Gasteiger partial charge is 0.321 e. The average molecular weight is 288 g/mol. The van der Waals surface area contributed by atoms with Crippen molar-refractivity contribution in [1.82, 2.24) is 0 Å².